The van der Waals surface area contributed by atoms with Crippen molar-refractivity contribution in [1.82, 2.24) is 0 Å². The molecular formula is C4H12BN2O. The van der Waals surface area contributed by atoms with Gasteiger partial charge in [0.2, 0.25) is 0 Å². The van der Waals surface area contributed by atoms with E-state index >= 15 is 0 Å². The highest BCUT2D eigenvalue weighted by atomic mass is 16.4. The van der Waals surface area contributed by atoms with Crippen LogP contribution in [-0.4, -0.2) is 20.8 Å². The molecule has 0 aromatic rings. The van der Waals surface area contributed by atoms with Crippen LogP contribution in [0.15, 0.2) is 0 Å². The monoisotopic (exact) mass is 115 g/mol. The lowest BCUT2D eigenvalue weighted by atomic mass is 9.93. The molecule has 0 unspecified atom stereocenters. The maximum Gasteiger partial charge on any atom is 0.294 e. The van der Waals surface area contributed by atoms with Crippen LogP contribution in [0, 0.1) is 0 Å². The fourth-order valence-electron chi connectivity index (χ4n) is 0.353. The van der Waals surface area contributed by atoms with Crippen LogP contribution in [-0.2, 0) is 4.65 Å². The third-order valence-electron chi connectivity index (χ3n) is 0.740. The SMILES string of the molecule is NCCC[B]OCN. The summed E-state index contributed by atoms with van der Waals surface area (Å²) in [4.78, 5) is 0. The minimum absolute atomic E-state index is 0.268. The molecule has 0 heterocycles. The third kappa shape index (κ3) is 5.94. The number of hydrogen-bond acceptors (Lipinski definition) is 3. The molecule has 0 aromatic carbocycles. The van der Waals surface area contributed by atoms with E-state index in [0.717, 1.165) is 12.7 Å². The molecule has 0 saturated heterocycles. The van der Waals surface area contributed by atoms with Gasteiger partial charge in [-0.15, -0.1) is 0 Å². The summed E-state index contributed by atoms with van der Waals surface area (Å²) in [6.45, 7) is 0.981. The minimum Gasteiger partial charge on any atom is -0.429 e. The quantitative estimate of drug-likeness (QED) is 0.283. The lowest BCUT2D eigenvalue weighted by Crippen LogP contribution is -2.09. The van der Waals surface area contributed by atoms with E-state index in [4.69, 9.17) is 16.1 Å². The van der Waals surface area contributed by atoms with Gasteiger partial charge < -0.3 is 16.1 Å². The van der Waals surface area contributed by atoms with Crippen LogP contribution >= 0.6 is 0 Å². The zero-order valence-electron chi connectivity index (χ0n) is 4.97. The molecule has 0 aliphatic rings. The normalized spacial score (nSPS) is 9.25. The average Bonchev–Trinajstić information content (AvgIpc) is 1.81. The highest BCUT2D eigenvalue weighted by Gasteiger charge is 1.87. The van der Waals surface area contributed by atoms with Crippen molar-refractivity contribution < 1.29 is 4.65 Å². The van der Waals surface area contributed by atoms with Crippen molar-refractivity contribution >= 4 is 7.48 Å². The summed E-state index contributed by atoms with van der Waals surface area (Å²) in [6.07, 6.45) is 1.87. The van der Waals surface area contributed by atoms with Crippen LogP contribution in [0.5, 0.6) is 0 Å². The minimum atomic E-state index is 0.268. The summed E-state index contributed by atoms with van der Waals surface area (Å²) in [5.74, 6) is 0. The molecule has 8 heavy (non-hydrogen) atoms. The van der Waals surface area contributed by atoms with Gasteiger partial charge in [0, 0.05) is 0 Å². The van der Waals surface area contributed by atoms with E-state index in [1.807, 2.05) is 0 Å². The van der Waals surface area contributed by atoms with Crippen molar-refractivity contribution in [3.63, 3.8) is 0 Å². The molecule has 1 radical (unpaired) electrons. The van der Waals surface area contributed by atoms with Gasteiger partial charge in [-0.3, -0.25) is 0 Å². The van der Waals surface area contributed by atoms with Crippen LogP contribution in [0.2, 0.25) is 6.32 Å². The predicted molar refractivity (Wildman–Crippen MR) is 34.4 cm³/mol. The molecule has 0 amide bonds. The fourth-order valence-corrected chi connectivity index (χ4v) is 0.353. The zero-order chi connectivity index (χ0) is 6.24. The van der Waals surface area contributed by atoms with Crippen LogP contribution < -0.4 is 11.5 Å². The maximum atomic E-state index is 5.20. The second-order valence-corrected chi connectivity index (χ2v) is 1.43. The summed E-state index contributed by atoms with van der Waals surface area (Å²) in [5.41, 5.74) is 10.2. The molecule has 0 rings (SSSR count). The van der Waals surface area contributed by atoms with Gasteiger partial charge >= 0.3 is 0 Å². The molecule has 0 bridgehead atoms. The largest absolute Gasteiger partial charge is 0.429 e. The molecule has 0 spiro atoms. The predicted octanol–water partition coefficient (Wildman–Crippen LogP) is -0.694. The number of rotatable bonds is 5. The second-order valence-electron chi connectivity index (χ2n) is 1.43. The standard InChI is InChI=1S/C4H12BN2O/c6-3-1-2-5-8-4-7/h1-4,6-7H2. The molecule has 4 heteroatoms. The molecule has 0 fully saturated rings. The van der Waals surface area contributed by atoms with Gasteiger partial charge in [0.15, 0.2) is 0 Å². The van der Waals surface area contributed by atoms with Gasteiger partial charge in [0.25, 0.3) is 7.48 Å². The Hall–Kier alpha value is -0.0551. The molecule has 3 nitrogen and oxygen atoms in total. The second kappa shape index (κ2) is 6.94. The first-order valence-corrected chi connectivity index (χ1v) is 2.75. The van der Waals surface area contributed by atoms with Crippen molar-refractivity contribution in [2.24, 2.45) is 11.5 Å². The average molecular weight is 115 g/mol. The Kier molecular flexibility index (Phi) is 6.90. The van der Waals surface area contributed by atoms with Crippen LogP contribution in [0.4, 0.5) is 0 Å². The molecular weight excluding hydrogens is 103 g/mol. The van der Waals surface area contributed by atoms with E-state index in [1.54, 1.807) is 7.48 Å². The van der Waals surface area contributed by atoms with Gasteiger partial charge in [0.1, 0.15) is 0 Å². The Balaban J connectivity index is 2.53. The van der Waals surface area contributed by atoms with E-state index in [2.05, 4.69) is 0 Å². The van der Waals surface area contributed by atoms with Gasteiger partial charge in [0.05, 0.1) is 6.73 Å². The lowest BCUT2D eigenvalue weighted by Gasteiger charge is -1.94. The summed E-state index contributed by atoms with van der Waals surface area (Å²) < 4.78 is 4.73. The smallest absolute Gasteiger partial charge is 0.294 e. The van der Waals surface area contributed by atoms with Crippen LogP contribution in [0.3, 0.4) is 0 Å². The van der Waals surface area contributed by atoms with E-state index in [-0.39, 0.29) is 6.73 Å². The molecule has 0 aliphatic heterocycles. The summed E-state index contributed by atoms with van der Waals surface area (Å²) in [5, 5.41) is 0. The lowest BCUT2D eigenvalue weighted by molar-refractivity contribution is 0.348. The Morgan fingerprint density at radius 1 is 1.38 bits per heavy atom. The summed E-state index contributed by atoms with van der Waals surface area (Å²) >= 11 is 0. The molecule has 4 N–H and O–H groups in total. The number of nitrogens with two attached hydrogens (primary N) is 2. The van der Waals surface area contributed by atoms with Crippen LogP contribution in [0.1, 0.15) is 6.42 Å². The van der Waals surface area contributed by atoms with Crippen molar-refractivity contribution in [3.05, 3.63) is 0 Å². The van der Waals surface area contributed by atoms with Crippen LogP contribution in [0.25, 0.3) is 0 Å². The van der Waals surface area contributed by atoms with Gasteiger partial charge in [-0.05, 0) is 13.0 Å². The van der Waals surface area contributed by atoms with Gasteiger partial charge in [-0.1, -0.05) is 6.32 Å². The van der Waals surface area contributed by atoms with Crippen molar-refractivity contribution in [3.8, 4) is 0 Å². The van der Waals surface area contributed by atoms with Gasteiger partial charge in [-0.2, -0.15) is 0 Å². The van der Waals surface area contributed by atoms with Crippen molar-refractivity contribution in [2.45, 2.75) is 12.7 Å². The fraction of sp³-hybridized carbons (Fsp3) is 1.00. The molecule has 0 aromatic heterocycles. The number of hydrogen-bond donors (Lipinski definition) is 2. The Labute approximate surface area is 50.6 Å². The Morgan fingerprint density at radius 3 is 2.62 bits per heavy atom. The highest BCUT2D eigenvalue weighted by molar-refractivity contribution is 6.26. The maximum absolute atomic E-state index is 5.20. The topological polar surface area (TPSA) is 61.3 Å². The molecule has 0 aliphatic carbocycles. The Morgan fingerprint density at radius 2 is 2.12 bits per heavy atom. The first-order chi connectivity index (χ1) is 3.91. The van der Waals surface area contributed by atoms with E-state index in [9.17, 15) is 0 Å². The highest BCUT2D eigenvalue weighted by Crippen LogP contribution is 1.83. The summed E-state index contributed by atoms with van der Waals surface area (Å²) in [7, 11) is 1.69. The molecule has 0 atom stereocenters. The van der Waals surface area contributed by atoms with E-state index in [0.29, 0.717) is 6.54 Å². The van der Waals surface area contributed by atoms with Gasteiger partial charge in [-0.25, -0.2) is 0 Å². The third-order valence-corrected chi connectivity index (χ3v) is 0.740. The molecule has 0 saturated carbocycles. The molecule has 47 valence electrons. The van der Waals surface area contributed by atoms with E-state index in [1.165, 1.54) is 0 Å². The van der Waals surface area contributed by atoms with Crippen molar-refractivity contribution in [1.29, 1.82) is 0 Å². The zero-order valence-corrected chi connectivity index (χ0v) is 4.97. The van der Waals surface area contributed by atoms with E-state index < -0.39 is 0 Å². The summed E-state index contributed by atoms with van der Waals surface area (Å²) in [6, 6.07) is 0. The first kappa shape index (κ1) is 7.94. The first-order valence-electron chi connectivity index (χ1n) is 2.75. The Bertz CT molecular complexity index is 39.0. The van der Waals surface area contributed by atoms with Crippen molar-refractivity contribution in [2.75, 3.05) is 13.3 Å².